The van der Waals surface area contributed by atoms with Crippen molar-refractivity contribution in [2.75, 3.05) is 18.4 Å². The summed E-state index contributed by atoms with van der Waals surface area (Å²) in [6.45, 7) is 5.73. The number of carbonyl (C=O) groups excluding carboxylic acids is 2. The van der Waals surface area contributed by atoms with Gasteiger partial charge in [-0.2, -0.15) is 0 Å². The molecule has 0 aliphatic rings. The first kappa shape index (κ1) is 16.9. The van der Waals surface area contributed by atoms with Crippen molar-refractivity contribution in [3.63, 3.8) is 0 Å². The van der Waals surface area contributed by atoms with E-state index in [1.54, 1.807) is 13.8 Å². The SMILES string of the molecule is CCCNc1nccc(C(=O)NCC(C)(C)C(N)=O)c1F. The molecule has 0 aromatic carbocycles. The third-order valence-electron chi connectivity index (χ3n) is 3.03. The van der Waals surface area contributed by atoms with Crippen LogP contribution in [0.15, 0.2) is 12.3 Å². The number of primary amides is 1. The van der Waals surface area contributed by atoms with Crippen LogP contribution in [0.4, 0.5) is 10.2 Å². The van der Waals surface area contributed by atoms with E-state index < -0.39 is 23.0 Å². The zero-order chi connectivity index (χ0) is 16.0. The van der Waals surface area contributed by atoms with Gasteiger partial charge < -0.3 is 16.4 Å². The van der Waals surface area contributed by atoms with E-state index in [-0.39, 0.29) is 17.9 Å². The Balaban J connectivity index is 2.81. The molecule has 0 spiro atoms. The summed E-state index contributed by atoms with van der Waals surface area (Å²) in [5, 5.41) is 5.32. The number of nitrogens with zero attached hydrogens (tertiary/aromatic N) is 1. The number of anilines is 1. The van der Waals surface area contributed by atoms with Crippen molar-refractivity contribution < 1.29 is 14.0 Å². The second-order valence-electron chi connectivity index (χ2n) is 5.38. The maximum atomic E-state index is 14.1. The van der Waals surface area contributed by atoms with Gasteiger partial charge in [-0.05, 0) is 26.3 Å². The normalized spacial score (nSPS) is 11.0. The number of pyridine rings is 1. The minimum Gasteiger partial charge on any atom is -0.369 e. The topological polar surface area (TPSA) is 97.1 Å². The smallest absolute Gasteiger partial charge is 0.254 e. The van der Waals surface area contributed by atoms with Crippen molar-refractivity contribution >= 4 is 17.6 Å². The highest BCUT2D eigenvalue weighted by atomic mass is 19.1. The van der Waals surface area contributed by atoms with Crippen LogP contribution < -0.4 is 16.4 Å². The lowest BCUT2D eigenvalue weighted by Gasteiger charge is -2.20. The molecule has 1 aromatic heterocycles. The minimum absolute atomic E-state index is 0.0284. The Morgan fingerprint density at radius 1 is 1.43 bits per heavy atom. The zero-order valence-corrected chi connectivity index (χ0v) is 12.5. The highest BCUT2D eigenvalue weighted by Crippen LogP contribution is 2.16. The Morgan fingerprint density at radius 3 is 2.67 bits per heavy atom. The molecule has 4 N–H and O–H groups in total. The molecule has 116 valence electrons. The fraction of sp³-hybridized carbons (Fsp3) is 0.500. The minimum atomic E-state index is -0.900. The van der Waals surface area contributed by atoms with E-state index in [4.69, 9.17) is 5.73 Å². The Kier molecular flexibility index (Phi) is 5.63. The molecular weight excluding hydrogens is 275 g/mol. The van der Waals surface area contributed by atoms with Crippen molar-refractivity contribution in [1.29, 1.82) is 0 Å². The number of amides is 2. The van der Waals surface area contributed by atoms with E-state index in [9.17, 15) is 14.0 Å². The summed E-state index contributed by atoms with van der Waals surface area (Å²) in [5.74, 6) is -1.81. The third-order valence-corrected chi connectivity index (χ3v) is 3.03. The number of halogens is 1. The summed E-state index contributed by atoms with van der Waals surface area (Å²) in [5.41, 5.74) is 4.20. The maximum Gasteiger partial charge on any atom is 0.254 e. The van der Waals surface area contributed by atoms with Gasteiger partial charge in [0.15, 0.2) is 11.6 Å². The molecule has 0 fully saturated rings. The number of nitrogens with one attached hydrogen (secondary N) is 2. The quantitative estimate of drug-likeness (QED) is 0.706. The van der Waals surface area contributed by atoms with Gasteiger partial charge in [0.05, 0.1) is 11.0 Å². The first-order valence-electron chi connectivity index (χ1n) is 6.76. The van der Waals surface area contributed by atoms with Gasteiger partial charge in [-0.3, -0.25) is 9.59 Å². The summed E-state index contributed by atoms with van der Waals surface area (Å²) in [7, 11) is 0. The van der Waals surface area contributed by atoms with Crippen molar-refractivity contribution in [2.45, 2.75) is 27.2 Å². The van der Waals surface area contributed by atoms with Crippen LogP contribution in [0.3, 0.4) is 0 Å². The van der Waals surface area contributed by atoms with E-state index in [0.717, 1.165) is 6.42 Å². The van der Waals surface area contributed by atoms with Crippen LogP contribution in [-0.4, -0.2) is 29.9 Å². The first-order valence-corrected chi connectivity index (χ1v) is 6.76. The summed E-state index contributed by atoms with van der Waals surface area (Å²) in [6, 6.07) is 1.29. The number of hydrogen-bond acceptors (Lipinski definition) is 4. The molecule has 6 nitrogen and oxygen atoms in total. The fourth-order valence-electron chi connectivity index (χ4n) is 1.47. The Hall–Kier alpha value is -2.18. The number of rotatable bonds is 7. The molecule has 0 aliphatic heterocycles. The first-order chi connectivity index (χ1) is 9.79. The highest BCUT2D eigenvalue weighted by molar-refractivity contribution is 5.95. The van der Waals surface area contributed by atoms with Crippen molar-refractivity contribution in [1.82, 2.24) is 10.3 Å². The average Bonchev–Trinajstić information content (AvgIpc) is 2.43. The molecule has 0 atom stereocenters. The lowest BCUT2D eigenvalue weighted by molar-refractivity contribution is -0.125. The summed E-state index contributed by atoms with van der Waals surface area (Å²) in [6.07, 6.45) is 2.17. The number of nitrogens with two attached hydrogens (primary N) is 1. The molecule has 1 rings (SSSR count). The van der Waals surface area contributed by atoms with E-state index in [0.29, 0.717) is 6.54 Å². The van der Waals surface area contributed by atoms with Crippen LogP contribution in [-0.2, 0) is 4.79 Å². The van der Waals surface area contributed by atoms with Gasteiger partial charge in [0.1, 0.15) is 0 Å². The van der Waals surface area contributed by atoms with E-state index in [1.165, 1.54) is 12.3 Å². The lowest BCUT2D eigenvalue weighted by atomic mass is 9.92. The molecular formula is C14H21FN4O2. The van der Waals surface area contributed by atoms with E-state index >= 15 is 0 Å². The Bertz CT molecular complexity index is 532. The van der Waals surface area contributed by atoms with E-state index in [1.807, 2.05) is 6.92 Å². The van der Waals surface area contributed by atoms with Gasteiger partial charge in [-0.25, -0.2) is 9.37 Å². The predicted molar refractivity (Wildman–Crippen MR) is 78.3 cm³/mol. The van der Waals surface area contributed by atoms with Crippen LogP contribution in [0.5, 0.6) is 0 Å². The summed E-state index contributed by atoms with van der Waals surface area (Å²) >= 11 is 0. The van der Waals surface area contributed by atoms with Crippen molar-refractivity contribution in [3.8, 4) is 0 Å². The predicted octanol–water partition coefficient (Wildman–Crippen LogP) is 1.28. The molecule has 0 bridgehead atoms. The molecule has 21 heavy (non-hydrogen) atoms. The molecule has 0 aliphatic carbocycles. The van der Waals surface area contributed by atoms with Crippen molar-refractivity contribution in [3.05, 3.63) is 23.6 Å². The second kappa shape index (κ2) is 7.01. The van der Waals surface area contributed by atoms with Crippen LogP contribution >= 0.6 is 0 Å². The molecule has 0 unspecified atom stereocenters. The number of aromatic nitrogens is 1. The molecule has 7 heteroatoms. The van der Waals surface area contributed by atoms with Gasteiger partial charge in [0.25, 0.3) is 5.91 Å². The Labute approximate surface area is 123 Å². The van der Waals surface area contributed by atoms with Crippen LogP contribution in [0.2, 0.25) is 0 Å². The molecule has 0 saturated carbocycles. The largest absolute Gasteiger partial charge is 0.369 e. The molecule has 0 saturated heterocycles. The van der Waals surface area contributed by atoms with Gasteiger partial charge in [-0.15, -0.1) is 0 Å². The Morgan fingerprint density at radius 2 is 2.10 bits per heavy atom. The van der Waals surface area contributed by atoms with Gasteiger partial charge in [0, 0.05) is 19.3 Å². The lowest BCUT2D eigenvalue weighted by Crippen LogP contribution is -2.42. The molecule has 1 heterocycles. The maximum absolute atomic E-state index is 14.1. The van der Waals surface area contributed by atoms with Crippen molar-refractivity contribution in [2.24, 2.45) is 11.1 Å². The van der Waals surface area contributed by atoms with Crippen LogP contribution in [0.25, 0.3) is 0 Å². The number of carbonyl (C=O) groups is 2. The second-order valence-corrected chi connectivity index (χ2v) is 5.38. The van der Waals surface area contributed by atoms with E-state index in [2.05, 4.69) is 15.6 Å². The van der Waals surface area contributed by atoms with Gasteiger partial charge >= 0.3 is 0 Å². The standard InChI is InChI=1S/C14H21FN4O2/c1-4-6-17-11-10(15)9(5-7-18-11)12(20)19-8-14(2,3)13(16)21/h5,7H,4,6,8H2,1-3H3,(H2,16,21)(H,17,18)(H,19,20). The third kappa shape index (κ3) is 4.40. The van der Waals surface area contributed by atoms with Crippen LogP contribution in [0.1, 0.15) is 37.6 Å². The number of hydrogen-bond donors (Lipinski definition) is 3. The monoisotopic (exact) mass is 296 g/mol. The van der Waals surface area contributed by atoms with Gasteiger partial charge in [0.2, 0.25) is 5.91 Å². The highest BCUT2D eigenvalue weighted by Gasteiger charge is 2.26. The molecule has 0 radical (unpaired) electrons. The summed E-state index contributed by atoms with van der Waals surface area (Å²) < 4.78 is 14.1. The zero-order valence-electron chi connectivity index (χ0n) is 12.5. The fourth-order valence-corrected chi connectivity index (χ4v) is 1.47. The average molecular weight is 296 g/mol. The molecule has 2 amide bonds. The molecule has 1 aromatic rings. The summed E-state index contributed by atoms with van der Waals surface area (Å²) in [4.78, 5) is 27.0. The van der Waals surface area contributed by atoms with Gasteiger partial charge in [-0.1, -0.05) is 6.92 Å². The van der Waals surface area contributed by atoms with Crippen LogP contribution in [0, 0.1) is 11.2 Å².